The Labute approximate surface area is 191 Å². The third-order valence-corrected chi connectivity index (χ3v) is 8.78. The average molecular weight is 475 g/mol. The van der Waals surface area contributed by atoms with E-state index >= 15 is 0 Å². The highest BCUT2D eigenvalue weighted by Gasteiger charge is 2.34. The molecule has 1 saturated heterocycles. The molecule has 8 nitrogen and oxygen atoms in total. The number of sulfonamides is 1. The van der Waals surface area contributed by atoms with Crippen LogP contribution in [0.5, 0.6) is 0 Å². The molecule has 0 aliphatic carbocycles. The average Bonchev–Trinajstić information content (AvgIpc) is 3.47. The van der Waals surface area contributed by atoms with E-state index in [9.17, 15) is 13.2 Å². The summed E-state index contributed by atoms with van der Waals surface area (Å²) in [5, 5.41) is 8.58. The number of thiophene rings is 1. The smallest absolute Gasteiger partial charge is 0.252 e. The van der Waals surface area contributed by atoms with Crippen molar-refractivity contribution in [3.63, 3.8) is 0 Å². The Kier molecular flexibility index (Phi) is 6.73. The minimum atomic E-state index is -3.70. The summed E-state index contributed by atoms with van der Waals surface area (Å²) in [6, 6.07) is 9.53. The highest BCUT2D eigenvalue weighted by molar-refractivity contribution is 7.91. The van der Waals surface area contributed by atoms with Gasteiger partial charge in [0.15, 0.2) is 0 Å². The van der Waals surface area contributed by atoms with Crippen LogP contribution in [0.4, 0.5) is 0 Å². The van der Waals surface area contributed by atoms with Crippen LogP contribution in [0, 0.1) is 12.8 Å². The topological polar surface area (TPSA) is 105 Å². The Morgan fingerprint density at radius 3 is 2.94 bits per heavy atom. The Morgan fingerprint density at radius 2 is 2.19 bits per heavy atom. The van der Waals surface area contributed by atoms with Crippen LogP contribution < -0.4 is 5.32 Å². The quantitative estimate of drug-likeness (QED) is 0.563. The first-order valence-corrected chi connectivity index (χ1v) is 12.9. The van der Waals surface area contributed by atoms with Gasteiger partial charge in [-0.05, 0) is 31.4 Å². The predicted octanol–water partition coefficient (Wildman–Crippen LogP) is 3.39. The second kappa shape index (κ2) is 9.51. The van der Waals surface area contributed by atoms with E-state index in [4.69, 9.17) is 4.52 Å². The van der Waals surface area contributed by atoms with Crippen LogP contribution in [0.2, 0.25) is 0 Å². The normalized spacial score (nSPS) is 17.4. The molecule has 0 bridgehead atoms. The molecule has 0 saturated carbocycles. The number of carbonyl (C=O) groups excluding carboxylic acids is 1. The zero-order chi connectivity index (χ0) is 22.7. The molecule has 3 heterocycles. The number of hydrogen-bond acceptors (Lipinski definition) is 7. The van der Waals surface area contributed by atoms with Crippen LogP contribution in [-0.4, -0.2) is 41.9 Å². The number of nitrogens with one attached hydrogen (secondary N) is 1. The Bertz CT molecular complexity index is 1200. The van der Waals surface area contributed by atoms with Crippen molar-refractivity contribution in [1.82, 2.24) is 19.8 Å². The van der Waals surface area contributed by atoms with Gasteiger partial charge in [-0.25, -0.2) is 8.42 Å². The fourth-order valence-corrected chi connectivity index (χ4v) is 6.58. The summed E-state index contributed by atoms with van der Waals surface area (Å²) < 4.78 is 33.2. The maximum atomic E-state index is 13.2. The molecule has 10 heteroatoms. The van der Waals surface area contributed by atoms with Crippen LogP contribution >= 0.6 is 11.3 Å². The number of benzene rings is 1. The molecular formula is C22H26N4O4S2. The van der Waals surface area contributed by atoms with Gasteiger partial charge in [0.25, 0.3) is 10.0 Å². The second-order valence-electron chi connectivity index (χ2n) is 7.93. The van der Waals surface area contributed by atoms with Crippen molar-refractivity contribution >= 4 is 27.3 Å². The number of aryl methyl sites for hydroxylation is 2. The highest BCUT2D eigenvalue weighted by Crippen LogP contribution is 2.31. The van der Waals surface area contributed by atoms with Gasteiger partial charge in [0.1, 0.15) is 4.21 Å². The number of carbonyl (C=O) groups is 1. The predicted molar refractivity (Wildman–Crippen MR) is 121 cm³/mol. The molecule has 32 heavy (non-hydrogen) atoms. The van der Waals surface area contributed by atoms with E-state index in [-0.39, 0.29) is 22.6 Å². The molecule has 4 rings (SSSR count). The van der Waals surface area contributed by atoms with Crippen molar-refractivity contribution in [2.75, 3.05) is 13.1 Å². The van der Waals surface area contributed by atoms with Crippen molar-refractivity contribution in [2.45, 2.75) is 43.9 Å². The van der Waals surface area contributed by atoms with Crippen molar-refractivity contribution in [1.29, 1.82) is 0 Å². The third-order valence-electron chi connectivity index (χ3n) is 5.50. The summed E-state index contributed by atoms with van der Waals surface area (Å²) in [6.45, 7) is 4.93. The number of nitrogens with zero attached hydrogens (tertiary/aromatic N) is 3. The molecule has 1 N–H and O–H groups in total. The molecule has 1 aromatic carbocycles. The third kappa shape index (κ3) is 4.92. The zero-order valence-electron chi connectivity index (χ0n) is 18.1. The summed E-state index contributed by atoms with van der Waals surface area (Å²) in [6.07, 6.45) is 1.93. The minimum absolute atomic E-state index is 0.114. The van der Waals surface area contributed by atoms with Gasteiger partial charge in [0.2, 0.25) is 17.6 Å². The fourth-order valence-electron chi connectivity index (χ4n) is 3.74. The first kappa shape index (κ1) is 22.6. The summed E-state index contributed by atoms with van der Waals surface area (Å²) in [5.41, 5.74) is 2.77. The molecule has 1 atom stereocenters. The molecule has 1 fully saturated rings. The maximum absolute atomic E-state index is 13.2. The lowest BCUT2D eigenvalue weighted by Crippen LogP contribution is -2.45. The molecule has 1 aliphatic rings. The van der Waals surface area contributed by atoms with Gasteiger partial charge in [-0.15, -0.1) is 11.3 Å². The van der Waals surface area contributed by atoms with E-state index in [1.165, 1.54) is 4.31 Å². The number of amides is 1. The van der Waals surface area contributed by atoms with Gasteiger partial charge >= 0.3 is 0 Å². The van der Waals surface area contributed by atoms with Crippen molar-refractivity contribution < 1.29 is 17.7 Å². The van der Waals surface area contributed by atoms with E-state index < -0.39 is 10.0 Å². The Morgan fingerprint density at radius 1 is 1.34 bits per heavy atom. The van der Waals surface area contributed by atoms with Crippen LogP contribution in [0.15, 0.2) is 44.4 Å². The first-order chi connectivity index (χ1) is 15.4. The van der Waals surface area contributed by atoms with Crippen LogP contribution in [0.25, 0.3) is 11.4 Å². The van der Waals surface area contributed by atoms with Gasteiger partial charge in [0.05, 0.1) is 5.92 Å². The highest BCUT2D eigenvalue weighted by atomic mass is 32.2. The second-order valence-corrected chi connectivity index (χ2v) is 11.0. The largest absolute Gasteiger partial charge is 0.352 e. The van der Waals surface area contributed by atoms with Crippen LogP contribution in [0.1, 0.15) is 36.8 Å². The summed E-state index contributed by atoms with van der Waals surface area (Å²) in [4.78, 5) is 17.0. The van der Waals surface area contributed by atoms with Gasteiger partial charge in [-0.2, -0.15) is 9.29 Å². The van der Waals surface area contributed by atoms with E-state index in [1.807, 2.05) is 38.1 Å². The lowest BCUT2D eigenvalue weighted by Gasteiger charge is -2.30. The Hall–Kier alpha value is -2.56. The van der Waals surface area contributed by atoms with Gasteiger partial charge in [-0.1, -0.05) is 41.9 Å². The molecule has 0 unspecified atom stereocenters. The van der Waals surface area contributed by atoms with Gasteiger partial charge in [-0.3, -0.25) is 4.79 Å². The number of hydrogen-bond donors (Lipinski definition) is 1. The van der Waals surface area contributed by atoms with E-state index in [1.54, 1.807) is 11.4 Å². The minimum Gasteiger partial charge on any atom is -0.352 e. The summed E-state index contributed by atoms with van der Waals surface area (Å²) in [7, 11) is -3.70. The van der Waals surface area contributed by atoms with Crippen molar-refractivity contribution in [3.8, 4) is 11.4 Å². The zero-order valence-corrected chi connectivity index (χ0v) is 19.7. The molecule has 1 aliphatic heterocycles. The summed E-state index contributed by atoms with van der Waals surface area (Å²) in [5.74, 6) is 0.405. The number of piperidine rings is 1. The Balaban J connectivity index is 1.42. The molecule has 3 aromatic rings. The first-order valence-electron chi connectivity index (χ1n) is 10.6. The molecule has 1 amide bonds. The van der Waals surface area contributed by atoms with Crippen molar-refractivity contribution in [2.24, 2.45) is 5.92 Å². The molecule has 0 radical (unpaired) electrons. The molecule has 170 valence electrons. The van der Waals surface area contributed by atoms with Crippen molar-refractivity contribution in [3.05, 3.63) is 52.7 Å². The van der Waals surface area contributed by atoms with E-state index in [2.05, 4.69) is 15.5 Å². The molecule has 2 aromatic heterocycles. The standard InChI is InChI=1S/C22H26N4O4S2/c1-3-19-24-21(25-30-19)18-11-20(31-14-18)32(28,29)26-9-5-8-17(13-26)22(27)23-12-16-7-4-6-15(2)10-16/h4,6-7,10-11,14,17H,3,5,8-9,12-13H2,1-2H3,(H,23,27)/t17-/m1/s1. The SMILES string of the molecule is CCc1nc(-c2csc(S(=O)(=O)N3CCC[C@@H](C(=O)NCc4cccc(C)c4)C3)c2)no1. The monoisotopic (exact) mass is 474 g/mol. The van der Waals surface area contributed by atoms with Gasteiger partial charge in [0, 0.05) is 37.0 Å². The van der Waals surface area contributed by atoms with Crippen LogP contribution in [-0.2, 0) is 27.8 Å². The maximum Gasteiger partial charge on any atom is 0.252 e. The van der Waals surface area contributed by atoms with Crippen LogP contribution in [0.3, 0.4) is 0 Å². The number of rotatable bonds is 7. The van der Waals surface area contributed by atoms with E-state index in [0.717, 1.165) is 22.5 Å². The lowest BCUT2D eigenvalue weighted by atomic mass is 9.98. The van der Waals surface area contributed by atoms with E-state index in [0.29, 0.717) is 49.6 Å². The molecular weight excluding hydrogens is 448 g/mol. The fraction of sp³-hybridized carbons (Fsp3) is 0.409. The summed E-state index contributed by atoms with van der Waals surface area (Å²) >= 11 is 1.13. The lowest BCUT2D eigenvalue weighted by molar-refractivity contribution is -0.126. The number of aromatic nitrogens is 2. The van der Waals surface area contributed by atoms with Gasteiger partial charge < -0.3 is 9.84 Å². The molecule has 0 spiro atoms.